The van der Waals surface area contributed by atoms with E-state index in [9.17, 15) is 17.2 Å². The highest BCUT2D eigenvalue weighted by Crippen LogP contribution is 2.35. The van der Waals surface area contributed by atoms with Crippen molar-refractivity contribution >= 4 is 15.7 Å². The molecule has 1 aromatic rings. The summed E-state index contributed by atoms with van der Waals surface area (Å²) in [5, 5.41) is 10.5. The molecule has 0 unspecified atom stereocenters. The standard InChI is InChI=1S/C13H16F2N2O2S/c1-12(2)11(16)17-13(3,7-20(12,18)19)10-8(14)5-4-6-9(10)15/h4-6H,7H2,1-3H3,(H2,16,17)/t13-/m0/s1. The van der Waals surface area contributed by atoms with Gasteiger partial charge in [0.05, 0.1) is 11.3 Å². The number of hydrogen-bond acceptors (Lipinski definition) is 3. The Balaban J connectivity index is 2.62. The lowest BCUT2D eigenvalue weighted by Crippen LogP contribution is -2.64. The van der Waals surface area contributed by atoms with Crippen molar-refractivity contribution in [3.63, 3.8) is 0 Å². The second-order valence-corrected chi connectivity index (χ2v) is 8.24. The number of halogens is 2. The van der Waals surface area contributed by atoms with Crippen LogP contribution in [0.25, 0.3) is 0 Å². The summed E-state index contributed by atoms with van der Waals surface area (Å²) in [4.78, 5) is 0. The number of rotatable bonds is 1. The van der Waals surface area contributed by atoms with Crippen LogP contribution in [-0.2, 0) is 15.4 Å². The van der Waals surface area contributed by atoms with E-state index in [0.29, 0.717) is 0 Å². The number of amidine groups is 1. The van der Waals surface area contributed by atoms with Gasteiger partial charge in [0, 0.05) is 5.56 Å². The molecule has 1 heterocycles. The summed E-state index contributed by atoms with van der Waals surface area (Å²) in [5.41, 5.74) is -1.86. The lowest BCUT2D eigenvalue weighted by Gasteiger charge is -2.43. The maximum atomic E-state index is 13.9. The number of hydrogen-bond donors (Lipinski definition) is 2. The van der Waals surface area contributed by atoms with Crippen molar-refractivity contribution in [1.82, 2.24) is 5.32 Å². The summed E-state index contributed by atoms with van der Waals surface area (Å²) < 4.78 is 51.0. The van der Waals surface area contributed by atoms with Gasteiger partial charge in [0.15, 0.2) is 9.84 Å². The zero-order chi connectivity index (χ0) is 15.3. The Morgan fingerprint density at radius 3 is 2.15 bits per heavy atom. The quantitative estimate of drug-likeness (QED) is 0.833. The van der Waals surface area contributed by atoms with E-state index in [0.717, 1.165) is 12.1 Å². The minimum Gasteiger partial charge on any atom is -0.362 e. The fourth-order valence-corrected chi connectivity index (χ4v) is 4.04. The topological polar surface area (TPSA) is 70.0 Å². The Bertz CT molecular complexity index is 665. The molecule has 7 heteroatoms. The van der Waals surface area contributed by atoms with Gasteiger partial charge < -0.3 is 5.32 Å². The number of nitrogens with one attached hydrogen (secondary N) is 2. The Labute approximate surface area is 116 Å². The van der Waals surface area contributed by atoms with Gasteiger partial charge in [-0.2, -0.15) is 0 Å². The van der Waals surface area contributed by atoms with Crippen LogP contribution in [0.5, 0.6) is 0 Å². The average Bonchev–Trinajstić information content (AvgIpc) is 2.25. The van der Waals surface area contributed by atoms with E-state index in [1.54, 1.807) is 0 Å². The highest BCUT2D eigenvalue weighted by Gasteiger charge is 2.51. The molecule has 1 saturated heterocycles. The first-order valence-electron chi connectivity index (χ1n) is 6.05. The molecule has 1 aliphatic heterocycles. The summed E-state index contributed by atoms with van der Waals surface area (Å²) in [6.45, 7) is 4.18. The summed E-state index contributed by atoms with van der Waals surface area (Å²) in [6.07, 6.45) is 0. The van der Waals surface area contributed by atoms with Crippen LogP contribution in [0, 0.1) is 17.0 Å². The molecule has 0 aromatic heterocycles. The molecular formula is C13H16F2N2O2S. The van der Waals surface area contributed by atoms with Gasteiger partial charge in [-0.15, -0.1) is 0 Å². The van der Waals surface area contributed by atoms with E-state index in [4.69, 9.17) is 5.41 Å². The van der Waals surface area contributed by atoms with Crippen LogP contribution in [0.3, 0.4) is 0 Å². The van der Waals surface area contributed by atoms with E-state index >= 15 is 0 Å². The second kappa shape index (κ2) is 4.25. The van der Waals surface area contributed by atoms with Gasteiger partial charge in [-0.1, -0.05) is 6.07 Å². The van der Waals surface area contributed by atoms with Gasteiger partial charge in [-0.3, -0.25) is 5.41 Å². The van der Waals surface area contributed by atoms with Gasteiger partial charge in [0.1, 0.15) is 22.2 Å². The first-order chi connectivity index (χ1) is 9.01. The van der Waals surface area contributed by atoms with E-state index < -0.39 is 37.5 Å². The third kappa shape index (κ3) is 2.00. The van der Waals surface area contributed by atoms with Crippen molar-refractivity contribution in [1.29, 1.82) is 5.41 Å². The molecule has 20 heavy (non-hydrogen) atoms. The predicted molar refractivity (Wildman–Crippen MR) is 72.4 cm³/mol. The summed E-state index contributed by atoms with van der Waals surface area (Å²) in [6, 6.07) is 3.35. The van der Waals surface area contributed by atoms with Crippen molar-refractivity contribution in [2.24, 2.45) is 0 Å². The molecular weight excluding hydrogens is 286 g/mol. The largest absolute Gasteiger partial charge is 0.362 e. The smallest absolute Gasteiger partial charge is 0.165 e. The predicted octanol–water partition coefficient (Wildman–Crippen LogP) is 1.95. The van der Waals surface area contributed by atoms with Crippen LogP contribution in [0.2, 0.25) is 0 Å². The Morgan fingerprint density at radius 2 is 1.70 bits per heavy atom. The second-order valence-electron chi connectivity index (χ2n) is 5.70. The molecule has 2 rings (SSSR count). The zero-order valence-electron chi connectivity index (χ0n) is 11.4. The molecule has 4 nitrogen and oxygen atoms in total. The first kappa shape index (κ1) is 14.9. The van der Waals surface area contributed by atoms with Gasteiger partial charge in [-0.25, -0.2) is 17.2 Å². The van der Waals surface area contributed by atoms with Crippen molar-refractivity contribution in [3.8, 4) is 0 Å². The molecule has 0 saturated carbocycles. The Kier molecular flexibility index (Phi) is 3.16. The fourth-order valence-electron chi connectivity index (χ4n) is 2.34. The first-order valence-corrected chi connectivity index (χ1v) is 7.70. The van der Waals surface area contributed by atoms with E-state index in [-0.39, 0.29) is 11.4 Å². The Morgan fingerprint density at radius 1 is 1.20 bits per heavy atom. The van der Waals surface area contributed by atoms with Crippen LogP contribution in [-0.4, -0.2) is 24.8 Å². The highest BCUT2D eigenvalue weighted by molar-refractivity contribution is 7.93. The zero-order valence-corrected chi connectivity index (χ0v) is 12.2. The van der Waals surface area contributed by atoms with E-state index in [2.05, 4.69) is 5.32 Å². The SMILES string of the molecule is CC1(C)C(=N)N[C@](C)(c2c(F)cccc2F)CS1(=O)=O. The summed E-state index contributed by atoms with van der Waals surface area (Å²) >= 11 is 0. The van der Waals surface area contributed by atoms with Crippen molar-refractivity contribution < 1.29 is 17.2 Å². The molecule has 110 valence electrons. The molecule has 0 amide bonds. The minimum atomic E-state index is -3.72. The van der Waals surface area contributed by atoms with Gasteiger partial charge in [-0.05, 0) is 32.9 Å². The van der Waals surface area contributed by atoms with Crippen LogP contribution in [0.1, 0.15) is 26.3 Å². The Hall–Kier alpha value is -1.50. The average molecular weight is 302 g/mol. The normalized spacial score (nSPS) is 27.9. The molecule has 0 radical (unpaired) electrons. The summed E-state index contributed by atoms with van der Waals surface area (Å²) in [5.74, 6) is -2.41. The van der Waals surface area contributed by atoms with Gasteiger partial charge in [0.25, 0.3) is 0 Å². The van der Waals surface area contributed by atoms with Crippen molar-refractivity contribution in [2.45, 2.75) is 31.1 Å². The molecule has 2 N–H and O–H groups in total. The third-order valence-electron chi connectivity index (χ3n) is 3.77. The lowest BCUT2D eigenvalue weighted by molar-refractivity contribution is 0.400. The lowest BCUT2D eigenvalue weighted by atomic mass is 9.91. The van der Waals surface area contributed by atoms with Crippen molar-refractivity contribution in [2.75, 3.05) is 5.75 Å². The van der Waals surface area contributed by atoms with Crippen LogP contribution in [0.15, 0.2) is 18.2 Å². The highest BCUT2D eigenvalue weighted by atomic mass is 32.2. The fraction of sp³-hybridized carbons (Fsp3) is 0.462. The van der Waals surface area contributed by atoms with Crippen LogP contribution in [0.4, 0.5) is 8.78 Å². The maximum Gasteiger partial charge on any atom is 0.165 e. The van der Waals surface area contributed by atoms with Gasteiger partial charge >= 0.3 is 0 Å². The molecule has 0 aliphatic carbocycles. The molecule has 1 atom stereocenters. The minimum absolute atomic E-state index is 0.270. The molecule has 0 spiro atoms. The summed E-state index contributed by atoms with van der Waals surface area (Å²) in [7, 11) is -3.72. The van der Waals surface area contributed by atoms with Crippen LogP contribution < -0.4 is 5.32 Å². The van der Waals surface area contributed by atoms with Crippen molar-refractivity contribution in [3.05, 3.63) is 35.4 Å². The molecule has 1 aromatic carbocycles. The molecule has 1 fully saturated rings. The maximum absolute atomic E-state index is 13.9. The van der Waals surface area contributed by atoms with Gasteiger partial charge in [0.2, 0.25) is 0 Å². The van der Waals surface area contributed by atoms with E-state index in [1.807, 2.05) is 0 Å². The number of benzene rings is 1. The monoisotopic (exact) mass is 302 g/mol. The third-order valence-corrected chi connectivity index (χ3v) is 6.49. The van der Waals surface area contributed by atoms with Crippen LogP contribution >= 0.6 is 0 Å². The molecule has 1 aliphatic rings. The molecule has 0 bridgehead atoms. The number of sulfone groups is 1. The van der Waals surface area contributed by atoms with E-state index in [1.165, 1.54) is 26.8 Å².